The first kappa shape index (κ1) is 32.0. The van der Waals surface area contributed by atoms with E-state index in [2.05, 4.69) is 10.2 Å². The Hall–Kier alpha value is -3.24. The Labute approximate surface area is 230 Å². The highest BCUT2D eigenvalue weighted by Gasteiger charge is 2.39. The number of nitrogens with one attached hydrogen (secondary N) is 1. The Morgan fingerprint density at radius 3 is 2.64 bits per heavy atom. The molecule has 0 saturated heterocycles. The second-order valence-electron chi connectivity index (χ2n) is 9.76. The Bertz CT molecular complexity index is 936. The fourth-order valence-corrected chi connectivity index (χ4v) is 4.73. The van der Waals surface area contributed by atoms with Gasteiger partial charge in [0.15, 0.2) is 0 Å². The van der Waals surface area contributed by atoms with Gasteiger partial charge in [0.1, 0.15) is 6.10 Å². The summed E-state index contributed by atoms with van der Waals surface area (Å²) in [6.07, 6.45) is 9.89. The molecule has 10 heteroatoms. The highest BCUT2D eigenvalue weighted by atomic mass is 16.9. The van der Waals surface area contributed by atoms with Crippen LogP contribution in [0, 0.1) is 22.0 Å². The van der Waals surface area contributed by atoms with Crippen LogP contribution in [0.4, 0.5) is 0 Å². The summed E-state index contributed by atoms with van der Waals surface area (Å²) in [6, 6.07) is 9.80. The fraction of sp³-hybridized carbons (Fsp3) is 0.586. The molecule has 3 N–H and O–H groups in total. The van der Waals surface area contributed by atoms with Crippen LogP contribution in [-0.2, 0) is 25.6 Å². The van der Waals surface area contributed by atoms with Crippen molar-refractivity contribution in [1.82, 2.24) is 5.32 Å². The number of allylic oxidation sites excluding steroid dienone is 2. The molecule has 0 bridgehead atoms. The molecule has 1 fully saturated rings. The molecule has 0 aromatic heterocycles. The summed E-state index contributed by atoms with van der Waals surface area (Å²) in [5.74, 6) is -0.923. The standard InChI is InChI=1S/C29H42N2O8/c1-2-30-28(34)14-9-4-3-8-13-24-25(27(33)21-26(24)32)19-18-23(17-16-22-11-6-5-7-12-22)39-29(35)15-10-20-38-31(36)37/h3,5-8,11-12,18-19,23-27,32-33H,2,4,9-10,13-17,20-21H2,1H3,(H,30,34)/b8-3-,19-18+/t23-,24+,25+,26-,27+/m0/s1. The molecule has 0 unspecified atom stereocenters. The largest absolute Gasteiger partial charge is 0.458 e. The van der Waals surface area contributed by atoms with Gasteiger partial charge >= 0.3 is 5.97 Å². The number of benzene rings is 1. The van der Waals surface area contributed by atoms with Crippen molar-refractivity contribution in [1.29, 1.82) is 0 Å². The van der Waals surface area contributed by atoms with Gasteiger partial charge in [0.25, 0.3) is 5.09 Å². The highest BCUT2D eigenvalue weighted by molar-refractivity contribution is 5.75. The number of aryl methyl sites for hydroxylation is 1. The first-order valence-corrected chi connectivity index (χ1v) is 13.8. The topological polar surface area (TPSA) is 148 Å². The predicted molar refractivity (Wildman–Crippen MR) is 146 cm³/mol. The van der Waals surface area contributed by atoms with Crippen molar-refractivity contribution < 1.29 is 34.5 Å². The zero-order valence-corrected chi connectivity index (χ0v) is 22.7. The lowest BCUT2D eigenvalue weighted by atomic mass is 9.89. The Morgan fingerprint density at radius 1 is 1.15 bits per heavy atom. The Balaban J connectivity index is 1.96. The third-order valence-electron chi connectivity index (χ3n) is 6.75. The molecular weight excluding hydrogens is 504 g/mol. The number of unbranched alkanes of at least 4 members (excludes halogenated alkanes) is 1. The van der Waals surface area contributed by atoms with Gasteiger partial charge in [-0.05, 0) is 63.0 Å². The summed E-state index contributed by atoms with van der Waals surface area (Å²) in [6.45, 7) is 2.33. The summed E-state index contributed by atoms with van der Waals surface area (Å²) in [5, 5.41) is 33.3. The minimum Gasteiger partial charge on any atom is -0.458 e. The van der Waals surface area contributed by atoms with Gasteiger partial charge in [-0.3, -0.25) is 9.59 Å². The van der Waals surface area contributed by atoms with Gasteiger partial charge in [0.2, 0.25) is 5.91 Å². The number of esters is 1. The molecule has 1 amide bonds. The molecule has 1 saturated carbocycles. The molecule has 2 rings (SSSR count). The number of carbonyl (C=O) groups excluding carboxylic acids is 2. The van der Waals surface area contributed by atoms with E-state index < -0.39 is 29.4 Å². The minimum absolute atomic E-state index is 0.0121. The van der Waals surface area contributed by atoms with Crippen LogP contribution in [0.1, 0.15) is 63.9 Å². The van der Waals surface area contributed by atoms with Gasteiger partial charge in [-0.1, -0.05) is 48.6 Å². The molecular formula is C29H42N2O8. The SMILES string of the molecule is CCNC(=O)CCC/C=C\C[C@@H]1[C@@H](/C=C/[C@H](CCc2ccccc2)OC(=O)CCCO[N+](=O)[O-])[C@H](O)C[C@@H]1O. The number of amides is 1. The van der Waals surface area contributed by atoms with E-state index in [0.717, 1.165) is 18.4 Å². The number of aliphatic hydroxyl groups excluding tert-OH is 2. The quantitative estimate of drug-likeness (QED) is 0.0830. The maximum Gasteiger partial charge on any atom is 0.306 e. The number of aliphatic hydroxyl groups is 2. The van der Waals surface area contributed by atoms with Gasteiger partial charge < -0.3 is 25.1 Å². The van der Waals surface area contributed by atoms with Gasteiger partial charge in [-0.15, -0.1) is 10.1 Å². The van der Waals surface area contributed by atoms with Crippen molar-refractivity contribution in [3.8, 4) is 0 Å². The van der Waals surface area contributed by atoms with Crippen LogP contribution >= 0.6 is 0 Å². The molecule has 1 aliphatic carbocycles. The van der Waals surface area contributed by atoms with E-state index in [1.807, 2.05) is 55.5 Å². The third kappa shape index (κ3) is 12.9. The van der Waals surface area contributed by atoms with Gasteiger partial charge in [0.05, 0.1) is 18.8 Å². The van der Waals surface area contributed by atoms with Crippen molar-refractivity contribution in [3.63, 3.8) is 0 Å². The summed E-state index contributed by atoms with van der Waals surface area (Å²) >= 11 is 0. The normalized spacial score (nSPS) is 21.7. The Morgan fingerprint density at radius 2 is 1.92 bits per heavy atom. The lowest BCUT2D eigenvalue weighted by molar-refractivity contribution is -0.757. The number of rotatable bonds is 18. The molecule has 1 aromatic rings. The van der Waals surface area contributed by atoms with E-state index in [0.29, 0.717) is 32.2 Å². The van der Waals surface area contributed by atoms with E-state index in [4.69, 9.17) is 4.74 Å². The van der Waals surface area contributed by atoms with E-state index in [1.165, 1.54) is 0 Å². The second kappa shape index (κ2) is 18.1. The first-order valence-electron chi connectivity index (χ1n) is 13.8. The number of hydrogen-bond acceptors (Lipinski definition) is 8. The van der Waals surface area contributed by atoms with E-state index in [1.54, 1.807) is 6.08 Å². The maximum atomic E-state index is 12.4. The van der Waals surface area contributed by atoms with Gasteiger partial charge in [0, 0.05) is 31.7 Å². The molecule has 0 aliphatic heterocycles. The van der Waals surface area contributed by atoms with Crippen LogP contribution in [0.25, 0.3) is 0 Å². The zero-order valence-electron chi connectivity index (χ0n) is 22.7. The summed E-state index contributed by atoms with van der Waals surface area (Å²) in [5.41, 5.74) is 1.10. The van der Waals surface area contributed by atoms with Crippen molar-refractivity contribution in [3.05, 3.63) is 70.3 Å². The van der Waals surface area contributed by atoms with Crippen LogP contribution in [0.2, 0.25) is 0 Å². The molecule has 10 nitrogen and oxygen atoms in total. The van der Waals surface area contributed by atoms with Crippen LogP contribution in [0.5, 0.6) is 0 Å². The molecule has 216 valence electrons. The number of hydrogen-bond donors (Lipinski definition) is 3. The Kier molecular flexibility index (Phi) is 14.9. The van der Waals surface area contributed by atoms with Crippen molar-refractivity contribution in [2.45, 2.75) is 83.0 Å². The van der Waals surface area contributed by atoms with Crippen molar-refractivity contribution in [2.24, 2.45) is 11.8 Å². The highest BCUT2D eigenvalue weighted by Crippen LogP contribution is 2.36. The molecule has 1 aromatic carbocycles. The molecule has 1 aliphatic rings. The smallest absolute Gasteiger partial charge is 0.306 e. The number of carbonyl (C=O) groups is 2. The third-order valence-corrected chi connectivity index (χ3v) is 6.75. The minimum atomic E-state index is -0.893. The second-order valence-corrected chi connectivity index (χ2v) is 9.76. The van der Waals surface area contributed by atoms with Crippen LogP contribution in [0.3, 0.4) is 0 Å². The molecule has 39 heavy (non-hydrogen) atoms. The van der Waals surface area contributed by atoms with Crippen molar-refractivity contribution >= 4 is 11.9 Å². The number of ether oxygens (including phenoxy) is 1. The molecule has 0 radical (unpaired) electrons. The lowest BCUT2D eigenvalue weighted by Gasteiger charge is -2.21. The zero-order chi connectivity index (χ0) is 28.5. The van der Waals surface area contributed by atoms with Crippen LogP contribution in [0.15, 0.2) is 54.6 Å². The maximum absolute atomic E-state index is 12.4. The molecule has 0 heterocycles. The van der Waals surface area contributed by atoms with Gasteiger partial charge in [-0.2, -0.15) is 0 Å². The van der Waals surface area contributed by atoms with E-state index >= 15 is 0 Å². The van der Waals surface area contributed by atoms with E-state index in [-0.39, 0.29) is 43.6 Å². The molecule has 5 atom stereocenters. The summed E-state index contributed by atoms with van der Waals surface area (Å²) < 4.78 is 5.66. The molecule has 0 spiro atoms. The van der Waals surface area contributed by atoms with Gasteiger partial charge in [-0.25, -0.2) is 0 Å². The fourth-order valence-electron chi connectivity index (χ4n) is 4.73. The first-order chi connectivity index (χ1) is 18.8. The predicted octanol–water partition coefficient (Wildman–Crippen LogP) is 3.69. The monoisotopic (exact) mass is 546 g/mol. The van der Waals surface area contributed by atoms with Crippen LogP contribution < -0.4 is 5.32 Å². The average molecular weight is 547 g/mol. The van der Waals surface area contributed by atoms with Crippen molar-refractivity contribution in [2.75, 3.05) is 13.2 Å². The summed E-state index contributed by atoms with van der Waals surface area (Å²) in [7, 11) is 0. The lowest BCUT2D eigenvalue weighted by Crippen LogP contribution is -2.22. The van der Waals surface area contributed by atoms with Crippen LogP contribution in [-0.4, -0.2) is 58.6 Å². The van der Waals surface area contributed by atoms with E-state index in [9.17, 15) is 29.9 Å². The average Bonchev–Trinajstić information content (AvgIpc) is 3.17. The summed E-state index contributed by atoms with van der Waals surface area (Å²) in [4.78, 5) is 38.5. The number of nitrogens with zero attached hydrogens (tertiary/aromatic N) is 1.